The van der Waals surface area contributed by atoms with E-state index in [4.69, 9.17) is 23.2 Å². The quantitative estimate of drug-likeness (QED) is 0.372. The van der Waals surface area contributed by atoms with Gasteiger partial charge in [0, 0.05) is 16.5 Å². The molecule has 3 aromatic heterocycles. The molecule has 0 saturated heterocycles. The van der Waals surface area contributed by atoms with Crippen molar-refractivity contribution in [3.63, 3.8) is 0 Å². The molecule has 5 nitrogen and oxygen atoms in total. The first-order chi connectivity index (χ1) is 14.2. The van der Waals surface area contributed by atoms with Crippen molar-refractivity contribution in [3.8, 4) is 0 Å². The Morgan fingerprint density at radius 3 is 2.40 bits per heavy atom. The van der Waals surface area contributed by atoms with Crippen LogP contribution in [0.25, 0.3) is 10.3 Å². The molecule has 0 spiro atoms. The second kappa shape index (κ2) is 7.98. The lowest BCUT2D eigenvalue weighted by atomic mass is 10.1. The number of halogens is 5. The number of rotatable bonds is 4. The Morgan fingerprint density at radius 1 is 1.03 bits per heavy atom. The van der Waals surface area contributed by atoms with Gasteiger partial charge in [-0.3, -0.25) is 0 Å². The highest BCUT2D eigenvalue weighted by atomic mass is 35.5. The van der Waals surface area contributed by atoms with Gasteiger partial charge in [0.1, 0.15) is 26.9 Å². The van der Waals surface area contributed by atoms with E-state index in [1.807, 2.05) is 0 Å². The van der Waals surface area contributed by atoms with Crippen molar-refractivity contribution in [1.82, 2.24) is 19.9 Å². The van der Waals surface area contributed by atoms with Crippen LogP contribution in [0.1, 0.15) is 22.1 Å². The predicted molar refractivity (Wildman–Crippen MR) is 112 cm³/mol. The summed E-state index contributed by atoms with van der Waals surface area (Å²) in [6.45, 7) is 1.72. The highest BCUT2D eigenvalue weighted by Crippen LogP contribution is 2.33. The van der Waals surface area contributed by atoms with Crippen molar-refractivity contribution in [3.05, 3.63) is 68.7 Å². The van der Waals surface area contributed by atoms with E-state index >= 15 is 0 Å². The lowest BCUT2D eigenvalue weighted by molar-refractivity contribution is -0.141. The average Bonchev–Trinajstić information content (AvgIpc) is 3.07. The molecular weight excluding hydrogens is 458 g/mol. The fraction of sp³-hybridized carbons (Fsp3) is 0.158. The molecule has 0 unspecified atom stereocenters. The van der Waals surface area contributed by atoms with Crippen molar-refractivity contribution in [1.29, 1.82) is 0 Å². The molecule has 1 aromatic carbocycles. The van der Waals surface area contributed by atoms with Gasteiger partial charge >= 0.3 is 6.18 Å². The van der Waals surface area contributed by atoms with Gasteiger partial charge in [0.2, 0.25) is 0 Å². The fourth-order valence-corrected chi connectivity index (χ4v) is 4.28. The zero-order valence-corrected chi connectivity index (χ0v) is 17.6. The first kappa shape index (κ1) is 20.8. The minimum Gasteiger partial charge on any atom is -0.337 e. The summed E-state index contributed by atoms with van der Waals surface area (Å²) in [6, 6.07) is 7.46. The molecule has 30 heavy (non-hydrogen) atoms. The van der Waals surface area contributed by atoms with E-state index in [-0.39, 0.29) is 0 Å². The summed E-state index contributed by atoms with van der Waals surface area (Å²) < 4.78 is 38.1. The first-order valence-electron chi connectivity index (χ1n) is 8.58. The van der Waals surface area contributed by atoms with Crippen molar-refractivity contribution < 1.29 is 13.2 Å². The minimum atomic E-state index is -4.50. The summed E-state index contributed by atoms with van der Waals surface area (Å²) in [5.74, 6) is 0.877. The van der Waals surface area contributed by atoms with Gasteiger partial charge in [-0.25, -0.2) is 19.9 Å². The van der Waals surface area contributed by atoms with E-state index in [9.17, 15) is 13.2 Å². The summed E-state index contributed by atoms with van der Waals surface area (Å²) in [7, 11) is 0. The SMILES string of the molecule is Cc1nc(Nc2ccc(C(F)(F)F)nc2)c2nc(Cc3c(Cl)cccc3Cl)sc2n1. The number of nitrogens with zero attached hydrogens (tertiary/aromatic N) is 4. The zero-order valence-electron chi connectivity index (χ0n) is 15.3. The number of nitrogens with one attached hydrogen (secondary N) is 1. The highest BCUT2D eigenvalue weighted by Gasteiger charge is 2.32. The molecule has 4 aromatic rings. The maximum atomic E-state index is 12.7. The van der Waals surface area contributed by atoms with Gasteiger partial charge in [0.05, 0.1) is 11.9 Å². The third kappa shape index (κ3) is 4.33. The zero-order chi connectivity index (χ0) is 21.5. The molecule has 0 fully saturated rings. The summed E-state index contributed by atoms with van der Waals surface area (Å²) in [5.41, 5.74) is 0.644. The standard InChI is InChI=1S/C19H12Cl2F3N5S/c1-9-26-17(28-10-5-6-14(25-8-10)19(22,23)24)16-18(27-9)30-15(29-16)7-11-12(20)3-2-4-13(11)21/h2-6,8H,7H2,1H3,(H,26,27,28). The summed E-state index contributed by atoms with van der Waals surface area (Å²) in [6.07, 6.45) is -2.98. The number of aromatic nitrogens is 4. The molecule has 0 aliphatic rings. The summed E-state index contributed by atoms with van der Waals surface area (Å²) in [4.78, 5) is 17.4. The van der Waals surface area contributed by atoms with Crippen LogP contribution < -0.4 is 5.32 Å². The molecule has 11 heteroatoms. The van der Waals surface area contributed by atoms with Crippen LogP contribution in [-0.2, 0) is 12.6 Å². The van der Waals surface area contributed by atoms with Gasteiger partial charge in [-0.15, -0.1) is 0 Å². The largest absolute Gasteiger partial charge is 0.433 e. The summed E-state index contributed by atoms with van der Waals surface area (Å²) >= 11 is 13.9. The second-order valence-corrected chi connectivity index (χ2v) is 8.19. The molecule has 4 rings (SSSR count). The lowest BCUT2D eigenvalue weighted by Gasteiger charge is -2.09. The van der Waals surface area contributed by atoms with Crippen molar-refractivity contribution in [2.45, 2.75) is 19.5 Å². The van der Waals surface area contributed by atoms with Gasteiger partial charge in [-0.2, -0.15) is 13.2 Å². The van der Waals surface area contributed by atoms with Gasteiger partial charge in [0.15, 0.2) is 5.82 Å². The molecule has 1 N–H and O–H groups in total. The van der Waals surface area contributed by atoms with E-state index in [0.29, 0.717) is 44.1 Å². The molecule has 0 aliphatic heterocycles. The fourth-order valence-electron chi connectivity index (χ4n) is 2.76. The lowest BCUT2D eigenvalue weighted by Crippen LogP contribution is -2.07. The Morgan fingerprint density at radius 2 is 1.77 bits per heavy atom. The molecule has 0 atom stereocenters. The van der Waals surface area contributed by atoms with Gasteiger partial charge in [-0.05, 0) is 36.8 Å². The Kier molecular flexibility index (Phi) is 5.52. The third-order valence-corrected chi connectivity index (χ3v) is 5.78. The van der Waals surface area contributed by atoms with E-state index < -0.39 is 11.9 Å². The number of alkyl halides is 3. The number of pyridine rings is 1. The van der Waals surface area contributed by atoms with E-state index in [1.54, 1.807) is 25.1 Å². The smallest absolute Gasteiger partial charge is 0.337 e. The second-order valence-electron chi connectivity index (χ2n) is 6.31. The Hall–Kier alpha value is -2.49. The van der Waals surface area contributed by atoms with Crippen LogP contribution in [0.5, 0.6) is 0 Å². The van der Waals surface area contributed by atoms with Crippen LogP contribution in [0.4, 0.5) is 24.7 Å². The van der Waals surface area contributed by atoms with Crippen molar-refractivity contribution >= 4 is 56.4 Å². The molecule has 0 amide bonds. The molecular formula is C19H12Cl2F3N5S. The van der Waals surface area contributed by atoms with Gasteiger partial charge < -0.3 is 5.32 Å². The van der Waals surface area contributed by atoms with E-state index in [1.165, 1.54) is 17.4 Å². The number of thiazole rings is 1. The number of aryl methyl sites for hydroxylation is 1. The summed E-state index contributed by atoms with van der Waals surface area (Å²) in [5, 5.41) is 4.79. The van der Waals surface area contributed by atoms with Crippen LogP contribution in [0.3, 0.4) is 0 Å². The maximum absolute atomic E-state index is 12.7. The monoisotopic (exact) mass is 469 g/mol. The van der Waals surface area contributed by atoms with Crippen molar-refractivity contribution in [2.75, 3.05) is 5.32 Å². The number of hydrogen-bond acceptors (Lipinski definition) is 6. The maximum Gasteiger partial charge on any atom is 0.433 e. The van der Waals surface area contributed by atoms with Crippen molar-refractivity contribution in [2.24, 2.45) is 0 Å². The number of benzene rings is 1. The topological polar surface area (TPSA) is 63.6 Å². The number of fused-ring (bicyclic) bond motifs is 1. The Balaban J connectivity index is 1.67. The van der Waals surface area contributed by atoms with Crippen LogP contribution in [0, 0.1) is 6.92 Å². The van der Waals surface area contributed by atoms with Gasteiger partial charge in [0.25, 0.3) is 0 Å². The van der Waals surface area contributed by atoms with Crippen LogP contribution in [0.15, 0.2) is 36.5 Å². The molecule has 154 valence electrons. The molecule has 0 radical (unpaired) electrons. The number of anilines is 2. The third-order valence-electron chi connectivity index (χ3n) is 4.12. The molecule has 0 bridgehead atoms. The predicted octanol–water partition coefficient (Wildman–Crippen LogP) is 6.45. The van der Waals surface area contributed by atoms with Crippen LogP contribution in [0.2, 0.25) is 10.0 Å². The average molecular weight is 470 g/mol. The normalized spacial score (nSPS) is 11.8. The van der Waals surface area contributed by atoms with E-state index in [0.717, 1.165) is 22.8 Å². The number of hydrogen-bond donors (Lipinski definition) is 1. The molecule has 0 saturated carbocycles. The molecule has 3 heterocycles. The molecule has 0 aliphatic carbocycles. The Bertz CT molecular complexity index is 1210. The van der Waals surface area contributed by atoms with Crippen LogP contribution in [-0.4, -0.2) is 19.9 Å². The van der Waals surface area contributed by atoms with E-state index in [2.05, 4.69) is 25.3 Å². The minimum absolute atomic E-state index is 0.353. The van der Waals surface area contributed by atoms with Crippen LogP contribution >= 0.6 is 34.5 Å². The van der Waals surface area contributed by atoms with Gasteiger partial charge in [-0.1, -0.05) is 40.6 Å². The highest BCUT2D eigenvalue weighted by molar-refractivity contribution is 7.18. The first-order valence-corrected chi connectivity index (χ1v) is 10.1. The Labute approximate surface area is 182 Å².